The summed E-state index contributed by atoms with van der Waals surface area (Å²) in [6.45, 7) is 0.390. The Kier molecular flexibility index (Phi) is 6.52. The Hall–Kier alpha value is -2.76. The summed E-state index contributed by atoms with van der Waals surface area (Å²) in [7, 11) is 3.19. The molecular weight excluding hydrogens is 342 g/mol. The molecule has 27 heavy (non-hydrogen) atoms. The number of nitrogens with zero attached hydrogens (tertiary/aromatic N) is 1. The number of hydrogen-bond donors (Lipinski definition) is 2. The summed E-state index contributed by atoms with van der Waals surface area (Å²) < 4.78 is 10.5. The van der Waals surface area contributed by atoms with Crippen LogP contribution in [-0.2, 0) is 6.54 Å². The Morgan fingerprint density at radius 1 is 1.07 bits per heavy atom. The topological polar surface area (TPSA) is 72.5 Å². The summed E-state index contributed by atoms with van der Waals surface area (Å²) in [5, 5.41) is 6.44. The lowest BCUT2D eigenvalue weighted by molar-refractivity contribution is 0.0946. The van der Waals surface area contributed by atoms with E-state index in [-0.39, 0.29) is 5.91 Å². The van der Waals surface area contributed by atoms with Gasteiger partial charge in [0.05, 0.1) is 14.2 Å². The molecule has 6 heteroatoms. The molecule has 1 fully saturated rings. The standard InChI is InChI=1S/C21H27N3O3/c1-26-19-9-8-15(12-20(19)27-2)14-23-21(25)18-13-17(10-11-22-18)24-16-6-4-3-5-7-16/h8-13,16H,3-7,14H2,1-2H3,(H,22,24)(H,23,25). The molecule has 1 aromatic carbocycles. The van der Waals surface area contributed by atoms with Crippen molar-refractivity contribution < 1.29 is 14.3 Å². The molecule has 144 valence electrons. The lowest BCUT2D eigenvalue weighted by atomic mass is 9.95. The largest absolute Gasteiger partial charge is 0.493 e. The van der Waals surface area contributed by atoms with Crippen LogP contribution in [0.1, 0.15) is 48.2 Å². The Balaban J connectivity index is 1.60. The molecule has 1 aliphatic rings. The summed E-state index contributed by atoms with van der Waals surface area (Å²) >= 11 is 0. The molecule has 0 bridgehead atoms. The predicted molar refractivity (Wildman–Crippen MR) is 105 cm³/mol. The molecule has 1 saturated carbocycles. The van der Waals surface area contributed by atoms with E-state index in [2.05, 4.69) is 15.6 Å². The maximum Gasteiger partial charge on any atom is 0.270 e. The molecule has 6 nitrogen and oxygen atoms in total. The van der Waals surface area contributed by atoms with Gasteiger partial charge in [0, 0.05) is 24.5 Å². The van der Waals surface area contributed by atoms with Crippen molar-refractivity contribution >= 4 is 11.6 Å². The van der Waals surface area contributed by atoms with Crippen LogP contribution in [0, 0.1) is 0 Å². The van der Waals surface area contributed by atoms with Crippen LogP contribution in [0.5, 0.6) is 11.5 Å². The lowest BCUT2D eigenvalue weighted by Gasteiger charge is -2.23. The molecule has 0 atom stereocenters. The number of ether oxygens (including phenoxy) is 2. The zero-order valence-corrected chi connectivity index (χ0v) is 16.0. The number of nitrogens with one attached hydrogen (secondary N) is 2. The minimum Gasteiger partial charge on any atom is -0.493 e. The first-order chi connectivity index (χ1) is 13.2. The molecule has 1 heterocycles. The normalized spacial score (nSPS) is 14.4. The Morgan fingerprint density at radius 3 is 2.59 bits per heavy atom. The van der Waals surface area contributed by atoms with Crippen LogP contribution in [0.25, 0.3) is 0 Å². The molecule has 1 amide bonds. The SMILES string of the molecule is COc1ccc(CNC(=O)c2cc(NC3CCCCC3)ccn2)cc1OC. The molecule has 0 radical (unpaired) electrons. The molecule has 1 aromatic heterocycles. The Labute approximate surface area is 160 Å². The maximum atomic E-state index is 12.5. The van der Waals surface area contributed by atoms with Gasteiger partial charge < -0.3 is 20.1 Å². The van der Waals surface area contributed by atoms with E-state index in [0.29, 0.717) is 29.8 Å². The van der Waals surface area contributed by atoms with Crippen LogP contribution < -0.4 is 20.1 Å². The first-order valence-corrected chi connectivity index (χ1v) is 9.41. The van der Waals surface area contributed by atoms with Crippen molar-refractivity contribution in [1.82, 2.24) is 10.3 Å². The molecule has 0 aliphatic heterocycles. The first kappa shape index (κ1) is 19.0. The fourth-order valence-corrected chi connectivity index (χ4v) is 3.39. The van der Waals surface area contributed by atoms with E-state index in [4.69, 9.17) is 9.47 Å². The van der Waals surface area contributed by atoms with Gasteiger partial charge in [0.1, 0.15) is 5.69 Å². The highest BCUT2D eigenvalue weighted by molar-refractivity contribution is 5.93. The minimum absolute atomic E-state index is 0.197. The van der Waals surface area contributed by atoms with Gasteiger partial charge in [-0.1, -0.05) is 25.3 Å². The number of amides is 1. The van der Waals surface area contributed by atoms with Crippen molar-refractivity contribution in [3.05, 3.63) is 47.8 Å². The average Bonchev–Trinajstić information content (AvgIpc) is 2.72. The van der Waals surface area contributed by atoms with E-state index in [9.17, 15) is 4.79 Å². The van der Waals surface area contributed by atoms with E-state index < -0.39 is 0 Å². The van der Waals surface area contributed by atoms with Crippen LogP contribution in [0.15, 0.2) is 36.5 Å². The monoisotopic (exact) mass is 369 g/mol. The summed E-state index contributed by atoms with van der Waals surface area (Å²) in [5.41, 5.74) is 2.29. The second-order valence-corrected chi connectivity index (χ2v) is 6.78. The zero-order chi connectivity index (χ0) is 19.1. The fourth-order valence-electron chi connectivity index (χ4n) is 3.39. The summed E-state index contributed by atoms with van der Waals surface area (Å²) in [4.78, 5) is 16.7. The van der Waals surface area contributed by atoms with Crippen molar-refractivity contribution in [2.45, 2.75) is 44.7 Å². The summed E-state index contributed by atoms with van der Waals surface area (Å²) in [5.74, 6) is 1.11. The predicted octanol–water partition coefficient (Wildman–Crippen LogP) is 3.77. The van der Waals surface area contributed by atoms with Crippen LogP contribution in [0.2, 0.25) is 0 Å². The highest BCUT2D eigenvalue weighted by Gasteiger charge is 2.14. The van der Waals surface area contributed by atoms with Crippen LogP contribution >= 0.6 is 0 Å². The van der Waals surface area contributed by atoms with Crippen molar-refractivity contribution in [2.24, 2.45) is 0 Å². The molecule has 0 spiro atoms. The van der Waals surface area contributed by atoms with Crippen molar-refractivity contribution in [2.75, 3.05) is 19.5 Å². The average molecular weight is 369 g/mol. The van der Waals surface area contributed by atoms with E-state index in [1.165, 1.54) is 32.1 Å². The van der Waals surface area contributed by atoms with Crippen LogP contribution in [-0.4, -0.2) is 31.2 Å². The van der Waals surface area contributed by atoms with Gasteiger partial charge in [-0.15, -0.1) is 0 Å². The second kappa shape index (κ2) is 9.26. The number of anilines is 1. The third-order valence-electron chi connectivity index (χ3n) is 4.87. The van der Waals surface area contributed by atoms with E-state index in [0.717, 1.165) is 11.3 Å². The highest BCUT2D eigenvalue weighted by Crippen LogP contribution is 2.27. The van der Waals surface area contributed by atoms with Gasteiger partial charge in [0.2, 0.25) is 0 Å². The van der Waals surface area contributed by atoms with Gasteiger partial charge in [-0.05, 0) is 42.7 Å². The molecule has 2 aromatic rings. The number of hydrogen-bond acceptors (Lipinski definition) is 5. The molecule has 1 aliphatic carbocycles. The highest BCUT2D eigenvalue weighted by atomic mass is 16.5. The molecule has 0 saturated heterocycles. The van der Waals surface area contributed by atoms with Gasteiger partial charge in [-0.2, -0.15) is 0 Å². The number of carbonyl (C=O) groups is 1. The van der Waals surface area contributed by atoms with Gasteiger partial charge in [0.15, 0.2) is 11.5 Å². The first-order valence-electron chi connectivity index (χ1n) is 9.41. The summed E-state index contributed by atoms with van der Waals surface area (Å²) in [6.07, 6.45) is 7.89. The number of carbonyl (C=O) groups excluding carboxylic acids is 1. The van der Waals surface area contributed by atoms with Crippen molar-refractivity contribution in [3.63, 3.8) is 0 Å². The number of pyridine rings is 1. The minimum atomic E-state index is -0.197. The molecule has 2 N–H and O–H groups in total. The summed E-state index contributed by atoms with van der Waals surface area (Å²) in [6, 6.07) is 9.80. The van der Waals surface area contributed by atoms with E-state index in [1.54, 1.807) is 20.4 Å². The fraction of sp³-hybridized carbons (Fsp3) is 0.429. The third kappa shape index (κ3) is 5.12. The van der Waals surface area contributed by atoms with E-state index >= 15 is 0 Å². The van der Waals surface area contributed by atoms with Crippen LogP contribution in [0.3, 0.4) is 0 Å². The second-order valence-electron chi connectivity index (χ2n) is 6.78. The molecule has 0 unspecified atom stereocenters. The third-order valence-corrected chi connectivity index (χ3v) is 4.87. The van der Waals surface area contributed by atoms with E-state index in [1.807, 2.05) is 30.3 Å². The quantitative estimate of drug-likeness (QED) is 0.777. The van der Waals surface area contributed by atoms with Gasteiger partial charge in [0.25, 0.3) is 5.91 Å². The smallest absolute Gasteiger partial charge is 0.270 e. The Bertz CT molecular complexity index is 773. The van der Waals surface area contributed by atoms with Gasteiger partial charge in [-0.25, -0.2) is 0 Å². The number of benzene rings is 1. The van der Waals surface area contributed by atoms with Gasteiger partial charge in [-0.3, -0.25) is 9.78 Å². The lowest BCUT2D eigenvalue weighted by Crippen LogP contribution is -2.25. The zero-order valence-electron chi connectivity index (χ0n) is 16.0. The number of rotatable bonds is 7. The maximum absolute atomic E-state index is 12.5. The van der Waals surface area contributed by atoms with Crippen LogP contribution in [0.4, 0.5) is 5.69 Å². The van der Waals surface area contributed by atoms with Crippen molar-refractivity contribution in [3.8, 4) is 11.5 Å². The molecular formula is C21H27N3O3. The van der Waals surface area contributed by atoms with Crippen molar-refractivity contribution in [1.29, 1.82) is 0 Å². The number of methoxy groups -OCH3 is 2. The number of aromatic nitrogens is 1. The van der Waals surface area contributed by atoms with Gasteiger partial charge >= 0.3 is 0 Å². The molecule has 3 rings (SSSR count). The Morgan fingerprint density at radius 2 is 1.85 bits per heavy atom.